The van der Waals surface area contributed by atoms with Crippen molar-refractivity contribution in [1.29, 1.82) is 0 Å². The summed E-state index contributed by atoms with van der Waals surface area (Å²) in [5.74, 6) is -5.34. The highest BCUT2D eigenvalue weighted by molar-refractivity contribution is 7.92. The zero-order valence-corrected chi connectivity index (χ0v) is 8.77. The minimum absolute atomic E-state index is 0.359. The van der Waals surface area contributed by atoms with Gasteiger partial charge in [0, 0.05) is 26.2 Å². The minimum atomic E-state index is -4.59. The minimum Gasteiger partial charge on any atom is -0.339 e. The number of hydrogen-bond acceptors (Lipinski definition) is 4. The Morgan fingerprint density at radius 2 is 1.87 bits per heavy atom. The predicted molar refractivity (Wildman–Crippen MR) is 49.2 cm³/mol. The standard InChI is InChI=1S/C7H12F2N2O3S/c8-7(9)15(13,14)5-6(12)11-3-1-10-2-4-11/h7,10H,1-5H2. The maximum absolute atomic E-state index is 12.0. The molecular formula is C7H12F2N2O3S. The highest BCUT2D eigenvalue weighted by Crippen LogP contribution is 2.07. The van der Waals surface area contributed by atoms with Crippen molar-refractivity contribution in [1.82, 2.24) is 10.2 Å². The summed E-state index contributed by atoms with van der Waals surface area (Å²) in [7, 11) is -4.59. The van der Waals surface area contributed by atoms with Gasteiger partial charge >= 0.3 is 5.76 Å². The molecular weight excluding hydrogens is 230 g/mol. The first-order valence-electron chi connectivity index (χ1n) is 4.41. The summed E-state index contributed by atoms with van der Waals surface area (Å²) in [6.45, 7) is 1.83. The number of rotatable bonds is 3. The predicted octanol–water partition coefficient (Wildman–Crippen LogP) is -0.944. The topological polar surface area (TPSA) is 66.5 Å². The van der Waals surface area contributed by atoms with Crippen molar-refractivity contribution in [3.05, 3.63) is 0 Å². The molecule has 0 bridgehead atoms. The van der Waals surface area contributed by atoms with Gasteiger partial charge in [0.1, 0.15) is 5.75 Å². The first-order valence-corrected chi connectivity index (χ1v) is 6.13. The first-order chi connectivity index (χ1) is 6.93. The number of amides is 1. The van der Waals surface area contributed by atoms with Crippen molar-refractivity contribution in [3.8, 4) is 0 Å². The van der Waals surface area contributed by atoms with E-state index in [0.717, 1.165) is 0 Å². The Morgan fingerprint density at radius 1 is 1.33 bits per heavy atom. The van der Waals surface area contributed by atoms with Crippen LogP contribution in [0, 0.1) is 0 Å². The lowest BCUT2D eigenvalue weighted by atomic mass is 10.3. The number of nitrogens with one attached hydrogen (secondary N) is 1. The smallest absolute Gasteiger partial charge is 0.337 e. The number of hydrogen-bond donors (Lipinski definition) is 1. The van der Waals surface area contributed by atoms with Crippen LogP contribution in [0.5, 0.6) is 0 Å². The van der Waals surface area contributed by atoms with Gasteiger partial charge in [-0.1, -0.05) is 0 Å². The van der Waals surface area contributed by atoms with Crippen molar-refractivity contribution in [2.45, 2.75) is 5.76 Å². The Morgan fingerprint density at radius 3 is 2.33 bits per heavy atom. The van der Waals surface area contributed by atoms with Gasteiger partial charge < -0.3 is 10.2 Å². The molecule has 0 saturated carbocycles. The summed E-state index contributed by atoms with van der Waals surface area (Å²) in [6.07, 6.45) is 0. The molecule has 15 heavy (non-hydrogen) atoms. The van der Waals surface area contributed by atoms with Gasteiger partial charge in [-0.15, -0.1) is 0 Å². The fourth-order valence-electron chi connectivity index (χ4n) is 1.24. The van der Waals surface area contributed by atoms with E-state index in [1.54, 1.807) is 0 Å². The second kappa shape index (κ2) is 4.84. The lowest BCUT2D eigenvalue weighted by Crippen LogP contribution is -2.48. The van der Waals surface area contributed by atoms with Crippen molar-refractivity contribution >= 4 is 15.7 Å². The normalized spacial score (nSPS) is 18.2. The van der Waals surface area contributed by atoms with Gasteiger partial charge in [-0.3, -0.25) is 4.79 Å². The number of carbonyl (C=O) groups is 1. The van der Waals surface area contributed by atoms with Crippen LogP contribution in [0.1, 0.15) is 0 Å². The third kappa shape index (κ3) is 3.38. The van der Waals surface area contributed by atoms with Gasteiger partial charge in [0.25, 0.3) is 0 Å². The van der Waals surface area contributed by atoms with Crippen LogP contribution in [0.4, 0.5) is 8.78 Å². The SMILES string of the molecule is O=C(CS(=O)(=O)C(F)F)N1CCNCC1. The fourth-order valence-corrected chi connectivity index (χ4v) is 1.89. The second-order valence-corrected chi connectivity index (χ2v) is 5.17. The van der Waals surface area contributed by atoms with Gasteiger partial charge in [-0.05, 0) is 0 Å². The van der Waals surface area contributed by atoms with Gasteiger partial charge in [0.2, 0.25) is 15.7 Å². The monoisotopic (exact) mass is 242 g/mol. The summed E-state index contributed by atoms with van der Waals surface area (Å²) in [6, 6.07) is 0. The lowest BCUT2D eigenvalue weighted by molar-refractivity contribution is -0.129. The van der Waals surface area contributed by atoms with E-state index < -0.39 is 27.3 Å². The van der Waals surface area contributed by atoms with Crippen LogP contribution in [0.25, 0.3) is 0 Å². The molecule has 0 aromatic carbocycles. The number of carbonyl (C=O) groups excluding carboxylic acids is 1. The molecule has 0 radical (unpaired) electrons. The molecule has 0 aromatic rings. The van der Waals surface area contributed by atoms with Crippen molar-refractivity contribution in [2.24, 2.45) is 0 Å². The van der Waals surface area contributed by atoms with Crippen LogP contribution in [-0.4, -0.2) is 56.9 Å². The summed E-state index contributed by atoms with van der Waals surface area (Å²) in [5.41, 5.74) is 0. The highest BCUT2D eigenvalue weighted by Gasteiger charge is 2.29. The second-order valence-electron chi connectivity index (χ2n) is 3.20. The highest BCUT2D eigenvalue weighted by atomic mass is 32.2. The molecule has 0 unspecified atom stereocenters. The van der Waals surface area contributed by atoms with Gasteiger partial charge in [-0.25, -0.2) is 8.42 Å². The third-order valence-corrected chi connectivity index (χ3v) is 3.26. The zero-order valence-electron chi connectivity index (χ0n) is 7.95. The van der Waals surface area contributed by atoms with E-state index in [2.05, 4.69) is 5.32 Å². The van der Waals surface area contributed by atoms with Crippen molar-refractivity contribution in [2.75, 3.05) is 31.9 Å². The van der Waals surface area contributed by atoms with Gasteiger partial charge in [0.15, 0.2) is 0 Å². The Kier molecular flexibility index (Phi) is 3.97. The Hall–Kier alpha value is -0.760. The van der Waals surface area contributed by atoms with Crippen molar-refractivity contribution < 1.29 is 22.0 Å². The molecule has 0 spiro atoms. The first kappa shape index (κ1) is 12.3. The van der Waals surface area contributed by atoms with Crippen LogP contribution >= 0.6 is 0 Å². The third-order valence-electron chi connectivity index (χ3n) is 2.07. The van der Waals surface area contributed by atoms with Crippen LogP contribution < -0.4 is 5.32 Å². The Bertz CT molecular complexity index is 325. The molecule has 0 aliphatic carbocycles. The number of halogens is 2. The molecule has 0 aromatic heterocycles. The maximum atomic E-state index is 12.0. The molecule has 5 nitrogen and oxygen atoms in total. The number of nitrogens with zero attached hydrogens (tertiary/aromatic N) is 1. The number of alkyl halides is 2. The van der Waals surface area contributed by atoms with Crippen LogP contribution in [0.2, 0.25) is 0 Å². The summed E-state index contributed by atoms with van der Waals surface area (Å²) in [5, 5.41) is 2.96. The van der Waals surface area contributed by atoms with E-state index in [1.165, 1.54) is 4.90 Å². The van der Waals surface area contributed by atoms with Crippen LogP contribution in [0.15, 0.2) is 0 Å². The molecule has 1 aliphatic rings. The van der Waals surface area contributed by atoms with Crippen molar-refractivity contribution in [3.63, 3.8) is 0 Å². The average molecular weight is 242 g/mol. The van der Waals surface area contributed by atoms with E-state index in [0.29, 0.717) is 26.2 Å². The van der Waals surface area contributed by atoms with Gasteiger partial charge in [0.05, 0.1) is 0 Å². The molecule has 8 heteroatoms. The molecule has 1 amide bonds. The lowest BCUT2D eigenvalue weighted by Gasteiger charge is -2.27. The Labute approximate surface area is 86.4 Å². The summed E-state index contributed by atoms with van der Waals surface area (Å²) >= 11 is 0. The van der Waals surface area contributed by atoms with E-state index in [-0.39, 0.29) is 0 Å². The Balaban J connectivity index is 2.55. The fraction of sp³-hybridized carbons (Fsp3) is 0.857. The number of sulfone groups is 1. The van der Waals surface area contributed by atoms with E-state index >= 15 is 0 Å². The molecule has 1 heterocycles. The van der Waals surface area contributed by atoms with Crippen LogP contribution in [0.3, 0.4) is 0 Å². The molecule has 1 N–H and O–H groups in total. The average Bonchev–Trinajstić information content (AvgIpc) is 2.18. The molecule has 88 valence electrons. The molecule has 1 fully saturated rings. The van der Waals surface area contributed by atoms with Crippen LogP contribution in [-0.2, 0) is 14.6 Å². The van der Waals surface area contributed by atoms with E-state index in [4.69, 9.17) is 0 Å². The van der Waals surface area contributed by atoms with E-state index in [1.807, 2.05) is 0 Å². The summed E-state index contributed by atoms with van der Waals surface area (Å²) < 4.78 is 45.5. The quantitative estimate of drug-likeness (QED) is 0.693. The zero-order chi connectivity index (χ0) is 11.5. The number of piperazine rings is 1. The largest absolute Gasteiger partial charge is 0.339 e. The molecule has 1 saturated heterocycles. The summed E-state index contributed by atoms with van der Waals surface area (Å²) in [4.78, 5) is 12.6. The molecule has 0 atom stereocenters. The molecule has 1 rings (SSSR count). The van der Waals surface area contributed by atoms with E-state index in [9.17, 15) is 22.0 Å². The maximum Gasteiger partial charge on any atom is 0.337 e. The van der Waals surface area contributed by atoms with Gasteiger partial charge in [-0.2, -0.15) is 8.78 Å². The molecule has 1 aliphatic heterocycles.